The Morgan fingerprint density at radius 2 is 2.11 bits per heavy atom. The average Bonchev–Trinajstić information content (AvgIpc) is 3.07. The van der Waals surface area contributed by atoms with Crippen molar-refractivity contribution < 1.29 is 4.79 Å². The van der Waals surface area contributed by atoms with Gasteiger partial charge in [0.25, 0.3) is 5.56 Å². The van der Waals surface area contributed by atoms with Gasteiger partial charge in [-0.25, -0.2) is 4.98 Å². The molecule has 0 spiro atoms. The van der Waals surface area contributed by atoms with Gasteiger partial charge in [-0.1, -0.05) is 41.6 Å². The second-order valence-corrected chi connectivity index (χ2v) is 9.24. The standard InChI is InChI=1S/C20H20ClN3O2S2/c1-24-19(26)17-13-7-3-5-9-15(13)28-18(17)23-20(24)27-11-16(25)22-10-12-6-2-4-8-14(12)21/h2,4,6,8H,3,5,7,9-11H2,1H3,(H,22,25). The summed E-state index contributed by atoms with van der Waals surface area (Å²) in [4.78, 5) is 31.9. The van der Waals surface area contributed by atoms with Crippen LogP contribution in [0, 0.1) is 0 Å². The maximum Gasteiger partial charge on any atom is 0.262 e. The highest BCUT2D eigenvalue weighted by atomic mass is 35.5. The minimum absolute atomic E-state index is 0.0108. The number of rotatable bonds is 5. The molecule has 4 rings (SSSR count). The fraction of sp³-hybridized carbons (Fsp3) is 0.350. The van der Waals surface area contributed by atoms with E-state index in [0.717, 1.165) is 35.0 Å². The van der Waals surface area contributed by atoms with E-state index in [2.05, 4.69) is 10.3 Å². The Hall–Kier alpha value is -1.83. The topological polar surface area (TPSA) is 64.0 Å². The van der Waals surface area contributed by atoms with Gasteiger partial charge >= 0.3 is 0 Å². The number of thioether (sulfide) groups is 1. The van der Waals surface area contributed by atoms with Crippen molar-refractivity contribution in [2.45, 2.75) is 37.4 Å². The predicted octanol–water partition coefficient (Wildman–Crippen LogP) is 3.94. The Bertz CT molecular complexity index is 1110. The molecule has 1 aromatic carbocycles. The molecule has 1 aliphatic carbocycles. The van der Waals surface area contributed by atoms with Crippen molar-refractivity contribution in [1.82, 2.24) is 14.9 Å². The van der Waals surface area contributed by atoms with Crippen LogP contribution in [0.15, 0.2) is 34.2 Å². The zero-order valence-electron chi connectivity index (χ0n) is 15.5. The molecule has 28 heavy (non-hydrogen) atoms. The van der Waals surface area contributed by atoms with Crippen LogP contribution in [0.4, 0.5) is 0 Å². The summed E-state index contributed by atoms with van der Waals surface area (Å²) < 4.78 is 1.57. The largest absolute Gasteiger partial charge is 0.351 e. The minimum Gasteiger partial charge on any atom is -0.351 e. The third-order valence-corrected chi connectivity index (χ3v) is 7.51. The summed E-state index contributed by atoms with van der Waals surface area (Å²) in [5.74, 6) is 0.0752. The number of aromatic nitrogens is 2. The molecule has 0 radical (unpaired) electrons. The van der Waals surface area contributed by atoms with Crippen LogP contribution in [0.2, 0.25) is 5.02 Å². The summed E-state index contributed by atoms with van der Waals surface area (Å²) in [7, 11) is 1.73. The molecule has 2 aromatic heterocycles. The van der Waals surface area contributed by atoms with Gasteiger partial charge < -0.3 is 5.32 Å². The minimum atomic E-state index is -0.121. The van der Waals surface area contributed by atoms with Gasteiger partial charge in [0.1, 0.15) is 4.83 Å². The van der Waals surface area contributed by atoms with E-state index in [1.54, 1.807) is 29.0 Å². The van der Waals surface area contributed by atoms with E-state index in [4.69, 9.17) is 11.6 Å². The molecule has 8 heteroatoms. The molecule has 0 atom stereocenters. The average molecular weight is 434 g/mol. The number of nitrogens with one attached hydrogen (secondary N) is 1. The van der Waals surface area contributed by atoms with Crippen LogP contribution in [0.1, 0.15) is 28.8 Å². The van der Waals surface area contributed by atoms with Crippen molar-refractivity contribution in [3.63, 3.8) is 0 Å². The SMILES string of the molecule is Cn1c(SCC(=O)NCc2ccccc2Cl)nc2sc3c(c2c1=O)CCCC3. The van der Waals surface area contributed by atoms with E-state index in [1.165, 1.54) is 28.6 Å². The fourth-order valence-corrected chi connectivity index (χ4v) is 5.72. The van der Waals surface area contributed by atoms with Gasteiger partial charge in [0.05, 0.1) is 11.1 Å². The molecule has 1 aliphatic rings. The van der Waals surface area contributed by atoms with Crippen molar-refractivity contribution >= 4 is 50.8 Å². The van der Waals surface area contributed by atoms with Crippen LogP contribution in [-0.4, -0.2) is 21.2 Å². The van der Waals surface area contributed by atoms with Crippen LogP contribution in [0.3, 0.4) is 0 Å². The van der Waals surface area contributed by atoms with E-state index in [-0.39, 0.29) is 17.2 Å². The molecule has 0 fully saturated rings. The lowest BCUT2D eigenvalue weighted by molar-refractivity contribution is -0.118. The fourth-order valence-electron chi connectivity index (χ4n) is 3.41. The Morgan fingerprint density at radius 3 is 2.93 bits per heavy atom. The van der Waals surface area contributed by atoms with Gasteiger partial charge in [0.15, 0.2) is 5.16 Å². The van der Waals surface area contributed by atoms with E-state index < -0.39 is 0 Å². The molecule has 146 valence electrons. The van der Waals surface area contributed by atoms with Crippen molar-refractivity contribution in [2.75, 3.05) is 5.75 Å². The second kappa shape index (κ2) is 8.27. The van der Waals surface area contributed by atoms with Gasteiger partial charge in [-0.3, -0.25) is 14.2 Å². The smallest absolute Gasteiger partial charge is 0.262 e. The number of thiophene rings is 1. The van der Waals surface area contributed by atoms with E-state index in [0.29, 0.717) is 16.7 Å². The molecule has 1 N–H and O–H groups in total. The van der Waals surface area contributed by atoms with Crippen LogP contribution in [0.25, 0.3) is 10.2 Å². The van der Waals surface area contributed by atoms with Crippen LogP contribution in [-0.2, 0) is 31.2 Å². The molecule has 1 amide bonds. The first-order chi connectivity index (χ1) is 13.5. The molecule has 2 heterocycles. The Kier molecular flexibility index (Phi) is 5.75. The number of halogens is 1. The first-order valence-corrected chi connectivity index (χ1v) is 11.4. The molecule has 0 aliphatic heterocycles. The third kappa shape index (κ3) is 3.83. The number of nitrogens with zero attached hydrogens (tertiary/aromatic N) is 2. The molecule has 0 unspecified atom stereocenters. The summed E-state index contributed by atoms with van der Waals surface area (Å²) >= 11 is 9.02. The molecular formula is C20H20ClN3O2S2. The number of hydrogen-bond donors (Lipinski definition) is 1. The molecule has 0 bridgehead atoms. The van der Waals surface area contributed by atoms with Crippen molar-refractivity contribution in [3.05, 3.63) is 55.6 Å². The highest BCUT2D eigenvalue weighted by molar-refractivity contribution is 7.99. The van der Waals surface area contributed by atoms with Crippen molar-refractivity contribution in [1.29, 1.82) is 0 Å². The summed E-state index contributed by atoms with van der Waals surface area (Å²) in [5, 5.41) is 4.84. The zero-order valence-corrected chi connectivity index (χ0v) is 17.8. The lowest BCUT2D eigenvalue weighted by Gasteiger charge is -2.11. The summed E-state index contributed by atoms with van der Waals surface area (Å²) in [5.41, 5.74) is 2.05. The number of carbonyl (C=O) groups is 1. The van der Waals surface area contributed by atoms with E-state index in [9.17, 15) is 9.59 Å². The maximum atomic E-state index is 12.9. The molecular weight excluding hydrogens is 414 g/mol. The Balaban J connectivity index is 1.47. The van der Waals surface area contributed by atoms with Crippen molar-refractivity contribution in [2.24, 2.45) is 7.05 Å². The normalized spacial score (nSPS) is 13.5. The quantitative estimate of drug-likeness (QED) is 0.489. The summed E-state index contributed by atoms with van der Waals surface area (Å²) in [6.07, 6.45) is 4.30. The van der Waals surface area contributed by atoms with Gasteiger partial charge in [-0.2, -0.15) is 0 Å². The summed E-state index contributed by atoms with van der Waals surface area (Å²) in [6, 6.07) is 7.42. The van der Waals surface area contributed by atoms with Crippen LogP contribution in [0.5, 0.6) is 0 Å². The number of hydrogen-bond acceptors (Lipinski definition) is 5. The molecule has 0 saturated heterocycles. The predicted molar refractivity (Wildman–Crippen MR) is 116 cm³/mol. The highest BCUT2D eigenvalue weighted by Crippen LogP contribution is 2.34. The molecule has 0 saturated carbocycles. The molecule has 3 aromatic rings. The van der Waals surface area contributed by atoms with Gasteiger partial charge in [0, 0.05) is 23.5 Å². The van der Waals surface area contributed by atoms with E-state index >= 15 is 0 Å². The summed E-state index contributed by atoms with van der Waals surface area (Å²) in [6.45, 7) is 0.377. The Morgan fingerprint density at radius 1 is 1.32 bits per heavy atom. The van der Waals surface area contributed by atoms with Crippen LogP contribution >= 0.6 is 34.7 Å². The number of benzene rings is 1. The first kappa shape index (κ1) is 19.5. The van der Waals surface area contributed by atoms with Crippen LogP contribution < -0.4 is 10.9 Å². The Labute approximate surface area is 176 Å². The van der Waals surface area contributed by atoms with Gasteiger partial charge in [-0.15, -0.1) is 11.3 Å². The molecule has 5 nitrogen and oxygen atoms in total. The second-order valence-electron chi connectivity index (χ2n) is 6.81. The van der Waals surface area contributed by atoms with Crippen molar-refractivity contribution in [3.8, 4) is 0 Å². The number of carbonyl (C=O) groups excluding carboxylic acids is 1. The monoisotopic (exact) mass is 433 g/mol. The number of aryl methyl sites for hydroxylation is 2. The number of fused-ring (bicyclic) bond motifs is 3. The van der Waals surface area contributed by atoms with Gasteiger partial charge in [0.2, 0.25) is 5.91 Å². The number of amides is 1. The zero-order chi connectivity index (χ0) is 19.7. The lowest BCUT2D eigenvalue weighted by Crippen LogP contribution is -2.26. The lowest BCUT2D eigenvalue weighted by atomic mass is 9.97. The maximum absolute atomic E-state index is 12.9. The first-order valence-electron chi connectivity index (χ1n) is 9.19. The van der Waals surface area contributed by atoms with Gasteiger partial charge in [-0.05, 0) is 42.9 Å². The highest BCUT2D eigenvalue weighted by Gasteiger charge is 2.21. The third-order valence-electron chi connectivity index (χ3n) is 4.92. The van der Waals surface area contributed by atoms with E-state index in [1.807, 2.05) is 18.2 Å².